The molecule has 0 aromatic rings. The number of ether oxygens (including phenoxy) is 1. The van der Waals surface area contributed by atoms with Crippen molar-refractivity contribution in [2.24, 2.45) is 0 Å². The maximum Gasteiger partial charge on any atom is 0.389 e. The molecule has 1 aliphatic heterocycles. The summed E-state index contributed by atoms with van der Waals surface area (Å²) in [6.45, 7) is 4.68. The van der Waals surface area contributed by atoms with E-state index in [1.165, 1.54) is 0 Å². The minimum atomic E-state index is -4.09. The van der Waals surface area contributed by atoms with E-state index in [1.54, 1.807) is 0 Å². The van der Waals surface area contributed by atoms with Crippen molar-refractivity contribution in [1.82, 2.24) is 10.2 Å². The molecule has 1 heterocycles. The van der Waals surface area contributed by atoms with Crippen LogP contribution < -0.4 is 5.32 Å². The maximum absolute atomic E-state index is 12.2. The molecule has 2 atom stereocenters. The number of nitrogens with zero attached hydrogens (tertiary/aromatic N) is 1. The van der Waals surface area contributed by atoms with Gasteiger partial charge in [-0.05, 0) is 20.0 Å². The van der Waals surface area contributed by atoms with Gasteiger partial charge in [0, 0.05) is 25.6 Å². The lowest BCUT2D eigenvalue weighted by Crippen LogP contribution is -2.51. The fourth-order valence-electron chi connectivity index (χ4n) is 2.06. The van der Waals surface area contributed by atoms with Gasteiger partial charge in [-0.2, -0.15) is 13.2 Å². The molecule has 1 N–H and O–H groups in total. The highest BCUT2D eigenvalue weighted by atomic mass is 19.4. The molecule has 0 aromatic heterocycles. The molecular formula is C11H21F3N2O. The Balaban J connectivity index is 2.46. The average Bonchev–Trinajstić information content (AvgIpc) is 2.23. The summed E-state index contributed by atoms with van der Waals surface area (Å²) in [5, 5.41) is 3.09. The Morgan fingerprint density at radius 2 is 2.18 bits per heavy atom. The minimum Gasteiger partial charge on any atom is -0.374 e. The minimum absolute atomic E-state index is 0.0792. The van der Waals surface area contributed by atoms with E-state index in [1.807, 2.05) is 14.0 Å². The Labute approximate surface area is 100 Å². The molecule has 0 amide bonds. The van der Waals surface area contributed by atoms with Crippen molar-refractivity contribution in [2.75, 3.05) is 33.3 Å². The van der Waals surface area contributed by atoms with Gasteiger partial charge in [-0.1, -0.05) is 6.92 Å². The van der Waals surface area contributed by atoms with Crippen LogP contribution in [0.2, 0.25) is 0 Å². The first-order chi connectivity index (χ1) is 7.92. The first kappa shape index (κ1) is 14.7. The van der Waals surface area contributed by atoms with Crippen LogP contribution in [0, 0.1) is 0 Å². The van der Waals surface area contributed by atoms with Crippen LogP contribution in [0.15, 0.2) is 0 Å². The van der Waals surface area contributed by atoms with Gasteiger partial charge in [-0.25, -0.2) is 0 Å². The highest BCUT2D eigenvalue weighted by molar-refractivity contribution is 4.82. The van der Waals surface area contributed by atoms with Gasteiger partial charge in [0.15, 0.2) is 0 Å². The van der Waals surface area contributed by atoms with E-state index in [0.717, 1.165) is 6.54 Å². The number of hydrogen-bond acceptors (Lipinski definition) is 3. The van der Waals surface area contributed by atoms with E-state index in [0.29, 0.717) is 19.7 Å². The van der Waals surface area contributed by atoms with Crippen molar-refractivity contribution >= 4 is 0 Å². The molecule has 0 aromatic carbocycles. The number of likely N-dealkylation sites (N-methyl/N-ethyl adjacent to an activating group) is 2. The summed E-state index contributed by atoms with van der Waals surface area (Å²) in [7, 11) is 1.96. The van der Waals surface area contributed by atoms with Crippen LogP contribution in [-0.2, 0) is 4.74 Å². The number of morpholine rings is 1. The zero-order valence-corrected chi connectivity index (χ0v) is 10.4. The molecule has 0 bridgehead atoms. The van der Waals surface area contributed by atoms with Crippen molar-refractivity contribution in [3.8, 4) is 0 Å². The van der Waals surface area contributed by atoms with E-state index < -0.39 is 12.6 Å². The van der Waals surface area contributed by atoms with E-state index in [9.17, 15) is 13.2 Å². The molecule has 1 rings (SSSR count). The third kappa shape index (κ3) is 5.70. The first-order valence-electron chi connectivity index (χ1n) is 6.02. The second kappa shape index (κ2) is 6.56. The van der Waals surface area contributed by atoms with E-state index in [4.69, 9.17) is 4.74 Å². The molecule has 0 aliphatic carbocycles. The molecule has 0 radical (unpaired) electrons. The van der Waals surface area contributed by atoms with Crippen molar-refractivity contribution < 1.29 is 17.9 Å². The molecule has 1 fully saturated rings. The van der Waals surface area contributed by atoms with Crippen molar-refractivity contribution in [3.05, 3.63) is 0 Å². The molecule has 102 valence electrons. The largest absolute Gasteiger partial charge is 0.389 e. The normalized spacial score (nSPS) is 24.9. The van der Waals surface area contributed by atoms with E-state index in [-0.39, 0.29) is 18.6 Å². The zero-order valence-electron chi connectivity index (χ0n) is 10.4. The highest BCUT2D eigenvalue weighted by Gasteiger charge is 2.32. The fraction of sp³-hybridized carbons (Fsp3) is 1.00. The van der Waals surface area contributed by atoms with Gasteiger partial charge in [0.1, 0.15) is 0 Å². The molecule has 3 nitrogen and oxygen atoms in total. The monoisotopic (exact) mass is 254 g/mol. The lowest BCUT2D eigenvalue weighted by molar-refractivity contribution is -0.139. The summed E-state index contributed by atoms with van der Waals surface area (Å²) in [6, 6.07) is -0.218. The van der Waals surface area contributed by atoms with Gasteiger partial charge < -0.3 is 15.0 Å². The third-order valence-corrected chi connectivity index (χ3v) is 2.95. The Hall–Kier alpha value is -0.330. The summed E-state index contributed by atoms with van der Waals surface area (Å²) in [4.78, 5) is 2.09. The summed E-state index contributed by atoms with van der Waals surface area (Å²) in [5.74, 6) is 0. The second-order valence-corrected chi connectivity index (χ2v) is 4.49. The average molecular weight is 254 g/mol. The Bertz CT molecular complexity index is 223. The van der Waals surface area contributed by atoms with Gasteiger partial charge in [0.05, 0.1) is 12.7 Å². The summed E-state index contributed by atoms with van der Waals surface area (Å²) in [5.41, 5.74) is 0. The molecule has 0 spiro atoms. The number of rotatable bonds is 5. The molecular weight excluding hydrogens is 233 g/mol. The number of halogens is 3. The lowest BCUT2D eigenvalue weighted by Gasteiger charge is -2.35. The molecule has 1 saturated heterocycles. The maximum atomic E-state index is 12.2. The van der Waals surface area contributed by atoms with Crippen molar-refractivity contribution in [3.63, 3.8) is 0 Å². The van der Waals surface area contributed by atoms with Crippen LogP contribution in [0.25, 0.3) is 0 Å². The SMILES string of the molecule is CCNC(CCC(F)(F)F)C1CN(C)CCO1. The number of hydrogen-bond donors (Lipinski definition) is 1. The zero-order chi connectivity index (χ0) is 12.9. The van der Waals surface area contributed by atoms with Crippen LogP contribution in [0.4, 0.5) is 13.2 Å². The Morgan fingerprint density at radius 1 is 1.47 bits per heavy atom. The lowest BCUT2D eigenvalue weighted by atomic mass is 10.0. The van der Waals surface area contributed by atoms with E-state index in [2.05, 4.69) is 10.2 Å². The second-order valence-electron chi connectivity index (χ2n) is 4.49. The summed E-state index contributed by atoms with van der Waals surface area (Å²) < 4.78 is 42.2. The molecule has 0 saturated carbocycles. The topological polar surface area (TPSA) is 24.5 Å². The fourth-order valence-corrected chi connectivity index (χ4v) is 2.06. The smallest absolute Gasteiger partial charge is 0.374 e. The van der Waals surface area contributed by atoms with Gasteiger partial charge in [-0.3, -0.25) is 0 Å². The Morgan fingerprint density at radius 3 is 2.71 bits per heavy atom. The van der Waals surface area contributed by atoms with Crippen LogP contribution in [0.3, 0.4) is 0 Å². The summed E-state index contributed by atoms with van der Waals surface area (Å²) in [6.07, 6.45) is -4.91. The Kier molecular flexibility index (Phi) is 5.69. The van der Waals surface area contributed by atoms with Gasteiger partial charge in [0.25, 0.3) is 0 Å². The predicted octanol–water partition coefficient (Wildman–Crippen LogP) is 1.64. The van der Waals surface area contributed by atoms with Crippen molar-refractivity contribution in [1.29, 1.82) is 0 Å². The van der Waals surface area contributed by atoms with Gasteiger partial charge in [0.2, 0.25) is 0 Å². The highest BCUT2D eigenvalue weighted by Crippen LogP contribution is 2.24. The predicted molar refractivity (Wildman–Crippen MR) is 60.0 cm³/mol. The molecule has 1 aliphatic rings. The number of alkyl halides is 3. The van der Waals surface area contributed by atoms with Crippen LogP contribution in [0.1, 0.15) is 19.8 Å². The number of nitrogens with one attached hydrogen (secondary N) is 1. The van der Waals surface area contributed by atoms with Gasteiger partial charge >= 0.3 is 6.18 Å². The van der Waals surface area contributed by atoms with Crippen LogP contribution in [-0.4, -0.2) is 56.5 Å². The first-order valence-corrected chi connectivity index (χ1v) is 6.02. The summed E-state index contributed by atoms with van der Waals surface area (Å²) >= 11 is 0. The molecule has 2 unspecified atom stereocenters. The van der Waals surface area contributed by atoms with Gasteiger partial charge in [-0.15, -0.1) is 0 Å². The quantitative estimate of drug-likeness (QED) is 0.807. The van der Waals surface area contributed by atoms with Crippen LogP contribution >= 0.6 is 0 Å². The van der Waals surface area contributed by atoms with Crippen molar-refractivity contribution in [2.45, 2.75) is 38.1 Å². The molecule has 17 heavy (non-hydrogen) atoms. The standard InChI is InChI=1S/C11H21F3N2O/c1-3-15-9(4-5-11(12,13)14)10-8-16(2)6-7-17-10/h9-10,15H,3-8H2,1-2H3. The van der Waals surface area contributed by atoms with E-state index >= 15 is 0 Å². The van der Waals surface area contributed by atoms with Crippen LogP contribution in [0.5, 0.6) is 0 Å². The third-order valence-electron chi connectivity index (χ3n) is 2.95. The molecule has 6 heteroatoms.